The van der Waals surface area contributed by atoms with E-state index in [2.05, 4.69) is 25.1 Å². The first-order chi connectivity index (χ1) is 8.18. The van der Waals surface area contributed by atoms with E-state index < -0.39 is 0 Å². The summed E-state index contributed by atoms with van der Waals surface area (Å²) in [7, 11) is 0. The van der Waals surface area contributed by atoms with E-state index in [0.717, 1.165) is 37.2 Å². The Morgan fingerprint density at radius 2 is 1.24 bits per heavy atom. The standard InChI is InChI=1S/C15H10Cl2/c1-9-14-10(4-2-6-12(14)16)8-11-5-3-7-13(17)15(9)11/h2-8H,1H3. The lowest BCUT2D eigenvalue weighted by atomic mass is 9.98. The second kappa shape index (κ2) is 3.90. The SMILES string of the molecule is Cc1c2c(Cl)cccc2cc2cccc(Cl)c12. The fraction of sp³-hybridized carbons (Fsp3) is 0.0667. The minimum Gasteiger partial charge on any atom is -0.0837 e. The van der Waals surface area contributed by atoms with E-state index in [1.54, 1.807) is 0 Å². The number of hydrogen-bond acceptors (Lipinski definition) is 0. The van der Waals surface area contributed by atoms with E-state index in [9.17, 15) is 0 Å². The van der Waals surface area contributed by atoms with Crippen molar-refractivity contribution in [2.24, 2.45) is 0 Å². The van der Waals surface area contributed by atoms with Crippen molar-refractivity contribution in [2.75, 3.05) is 0 Å². The second-order valence-corrected chi connectivity index (χ2v) is 4.99. The molecule has 0 spiro atoms. The van der Waals surface area contributed by atoms with Gasteiger partial charge >= 0.3 is 0 Å². The third-order valence-electron chi connectivity index (χ3n) is 3.15. The van der Waals surface area contributed by atoms with Gasteiger partial charge < -0.3 is 0 Å². The summed E-state index contributed by atoms with van der Waals surface area (Å²) in [6.07, 6.45) is 0. The molecule has 0 saturated heterocycles. The third kappa shape index (κ3) is 1.60. The number of hydrogen-bond donors (Lipinski definition) is 0. The van der Waals surface area contributed by atoms with Crippen molar-refractivity contribution in [1.82, 2.24) is 0 Å². The average molecular weight is 261 g/mol. The molecule has 3 aromatic carbocycles. The van der Waals surface area contributed by atoms with Gasteiger partial charge in [0.05, 0.1) is 0 Å². The van der Waals surface area contributed by atoms with Crippen LogP contribution in [0.25, 0.3) is 21.5 Å². The van der Waals surface area contributed by atoms with Crippen LogP contribution in [0.3, 0.4) is 0 Å². The zero-order valence-corrected chi connectivity index (χ0v) is 10.8. The summed E-state index contributed by atoms with van der Waals surface area (Å²) in [5.41, 5.74) is 1.15. The highest BCUT2D eigenvalue weighted by Crippen LogP contribution is 2.35. The number of aryl methyl sites for hydroxylation is 1. The van der Waals surface area contributed by atoms with Gasteiger partial charge in [-0.3, -0.25) is 0 Å². The summed E-state index contributed by atoms with van der Waals surface area (Å²) >= 11 is 12.5. The minimum absolute atomic E-state index is 0.779. The van der Waals surface area contributed by atoms with Crippen LogP contribution in [-0.4, -0.2) is 0 Å². The van der Waals surface area contributed by atoms with Crippen LogP contribution in [0.4, 0.5) is 0 Å². The van der Waals surface area contributed by atoms with Gasteiger partial charge in [0.1, 0.15) is 0 Å². The molecule has 0 bridgehead atoms. The molecule has 0 saturated carbocycles. The Labute approximate surface area is 110 Å². The van der Waals surface area contributed by atoms with E-state index in [1.807, 2.05) is 24.3 Å². The molecule has 0 aliphatic carbocycles. The van der Waals surface area contributed by atoms with E-state index in [1.165, 1.54) is 0 Å². The molecule has 84 valence electrons. The van der Waals surface area contributed by atoms with Gasteiger partial charge in [-0.15, -0.1) is 0 Å². The Morgan fingerprint density at radius 1 is 0.765 bits per heavy atom. The van der Waals surface area contributed by atoms with Crippen molar-refractivity contribution >= 4 is 44.7 Å². The first-order valence-corrected chi connectivity index (χ1v) is 6.20. The lowest BCUT2D eigenvalue weighted by Gasteiger charge is -2.10. The van der Waals surface area contributed by atoms with Gasteiger partial charge in [-0.05, 0) is 41.5 Å². The van der Waals surface area contributed by atoms with E-state index in [0.29, 0.717) is 0 Å². The molecule has 0 aliphatic heterocycles. The molecule has 0 nitrogen and oxygen atoms in total. The van der Waals surface area contributed by atoms with Gasteiger partial charge in [0.25, 0.3) is 0 Å². The molecule has 3 aromatic rings. The van der Waals surface area contributed by atoms with Crippen molar-refractivity contribution < 1.29 is 0 Å². The van der Waals surface area contributed by atoms with Crippen LogP contribution in [0.5, 0.6) is 0 Å². The van der Waals surface area contributed by atoms with Gasteiger partial charge in [-0.25, -0.2) is 0 Å². The Hall–Kier alpha value is -1.24. The van der Waals surface area contributed by atoms with Crippen molar-refractivity contribution in [3.63, 3.8) is 0 Å². The summed E-state index contributed by atoms with van der Waals surface area (Å²) in [4.78, 5) is 0. The molecule has 2 heteroatoms. The minimum atomic E-state index is 0.779. The molecule has 3 rings (SSSR count). The summed E-state index contributed by atoms with van der Waals surface area (Å²) in [6.45, 7) is 2.07. The monoisotopic (exact) mass is 260 g/mol. The van der Waals surface area contributed by atoms with Crippen LogP contribution < -0.4 is 0 Å². The fourth-order valence-electron chi connectivity index (χ4n) is 2.41. The highest BCUT2D eigenvalue weighted by Gasteiger charge is 2.08. The molecule has 0 atom stereocenters. The Balaban J connectivity index is 2.64. The Kier molecular flexibility index (Phi) is 2.50. The van der Waals surface area contributed by atoms with E-state index >= 15 is 0 Å². The van der Waals surface area contributed by atoms with Crippen molar-refractivity contribution in [1.29, 1.82) is 0 Å². The molecular weight excluding hydrogens is 251 g/mol. The smallest absolute Gasteiger partial charge is 0.0487 e. The predicted molar refractivity (Wildman–Crippen MR) is 76.2 cm³/mol. The summed E-state index contributed by atoms with van der Waals surface area (Å²) in [6, 6.07) is 14.1. The van der Waals surface area contributed by atoms with Crippen molar-refractivity contribution in [3.05, 3.63) is 58.1 Å². The first kappa shape index (κ1) is 10.9. The zero-order chi connectivity index (χ0) is 12.0. The highest BCUT2D eigenvalue weighted by atomic mass is 35.5. The molecule has 0 aromatic heterocycles. The molecule has 0 heterocycles. The molecule has 0 radical (unpaired) electrons. The molecule has 0 unspecified atom stereocenters. The molecule has 0 fully saturated rings. The maximum Gasteiger partial charge on any atom is 0.0487 e. The molecule has 17 heavy (non-hydrogen) atoms. The Bertz CT molecular complexity index is 670. The van der Waals surface area contributed by atoms with Crippen LogP contribution in [-0.2, 0) is 0 Å². The van der Waals surface area contributed by atoms with Gasteiger partial charge in [0, 0.05) is 20.8 Å². The van der Waals surface area contributed by atoms with Crippen LogP contribution in [0.15, 0.2) is 42.5 Å². The lowest BCUT2D eigenvalue weighted by molar-refractivity contribution is 1.58. The van der Waals surface area contributed by atoms with Crippen molar-refractivity contribution in [3.8, 4) is 0 Å². The van der Waals surface area contributed by atoms with Crippen LogP contribution in [0.1, 0.15) is 5.56 Å². The van der Waals surface area contributed by atoms with Crippen molar-refractivity contribution in [2.45, 2.75) is 6.92 Å². The molecule has 0 aliphatic rings. The normalized spacial score (nSPS) is 11.2. The van der Waals surface area contributed by atoms with Gasteiger partial charge in [-0.1, -0.05) is 47.5 Å². The van der Waals surface area contributed by atoms with Gasteiger partial charge in [0.15, 0.2) is 0 Å². The number of benzene rings is 3. The lowest BCUT2D eigenvalue weighted by Crippen LogP contribution is -1.85. The largest absolute Gasteiger partial charge is 0.0837 e. The zero-order valence-electron chi connectivity index (χ0n) is 9.30. The number of rotatable bonds is 0. The molecule has 0 amide bonds. The Morgan fingerprint density at radius 3 is 1.71 bits per heavy atom. The van der Waals surface area contributed by atoms with Crippen LogP contribution in [0.2, 0.25) is 10.0 Å². The number of fused-ring (bicyclic) bond motifs is 2. The predicted octanol–water partition coefficient (Wildman–Crippen LogP) is 5.61. The second-order valence-electron chi connectivity index (χ2n) is 4.18. The van der Waals surface area contributed by atoms with Gasteiger partial charge in [0.2, 0.25) is 0 Å². The summed E-state index contributed by atoms with van der Waals surface area (Å²) in [5.74, 6) is 0. The molecular formula is C15H10Cl2. The topological polar surface area (TPSA) is 0 Å². The summed E-state index contributed by atoms with van der Waals surface area (Å²) < 4.78 is 0. The van der Waals surface area contributed by atoms with Gasteiger partial charge in [-0.2, -0.15) is 0 Å². The van der Waals surface area contributed by atoms with E-state index in [4.69, 9.17) is 23.2 Å². The molecule has 0 N–H and O–H groups in total. The highest BCUT2D eigenvalue weighted by molar-refractivity contribution is 6.38. The maximum atomic E-state index is 6.27. The fourth-order valence-corrected chi connectivity index (χ4v) is 3.05. The van der Waals surface area contributed by atoms with E-state index in [-0.39, 0.29) is 0 Å². The maximum absolute atomic E-state index is 6.27. The quantitative estimate of drug-likeness (QED) is 0.461. The summed E-state index contributed by atoms with van der Waals surface area (Å²) in [5, 5.41) is 6.06. The van der Waals surface area contributed by atoms with Crippen LogP contribution in [0, 0.1) is 6.92 Å². The average Bonchev–Trinajstić information content (AvgIpc) is 2.28. The third-order valence-corrected chi connectivity index (χ3v) is 3.78. The number of halogens is 2. The van der Waals surface area contributed by atoms with Crippen LogP contribution >= 0.6 is 23.2 Å². The first-order valence-electron chi connectivity index (χ1n) is 5.44.